The maximum Gasteiger partial charge on any atom is 0.274 e. The Morgan fingerprint density at radius 3 is 3.07 bits per heavy atom. The van der Waals surface area contributed by atoms with Crippen molar-refractivity contribution >= 4 is 5.91 Å². The van der Waals surface area contributed by atoms with Gasteiger partial charge >= 0.3 is 0 Å². The average Bonchev–Trinajstić information content (AvgIpc) is 2.78. The molecule has 0 aliphatic carbocycles. The number of aromatic nitrogens is 2. The van der Waals surface area contributed by atoms with E-state index in [4.69, 9.17) is 5.11 Å². The Labute approximate surface area is 87.8 Å². The molecule has 0 saturated carbocycles. The molecule has 0 radical (unpaired) electrons. The van der Waals surface area contributed by atoms with E-state index in [1.165, 1.54) is 18.6 Å². The SMILES string of the molecule is O=C(c1cnccn1)N1CC[C@H](CO)C1. The molecule has 5 nitrogen and oxygen atoms in total. The summed E-state index contributed by atoms with van der Waals surface area (Å²) >= 11 is 0. The van der Waals surface area contributed by atoms with Crippen LogP contribution in [0.4, 0.5) is 0 Å². The summed E-state index contributed by atoms with van der Waals surface area (Å²) in [6.07, 6.45) is 5.38. The summed E-state index contributed by atoms with van der Waals surface area (Å²) < 4.78 is 0. The zero-order chi connectivity index (χ0) is 10.7. The first-order valence-corrected chi connectivity index (χ1v) is 4.97. The zero-order valence-corrected chi connectivity index (χ0v) is 8.33. The van der Waals surface area contributed by atoms with Gasteiger partial charge in [0, 0.05) is 38.0 Å². The maximum absolute atomic E-state index is 11.9. The summed E-state index contributed by atoms with van der Waals surface area (Å²) in [6, 6.07) is 0. The molecule has 0 aromatic carbocycles. The van der Waals surface area contributed by atoms with Crippen LogP contribution in [0.5, 0.6) is 0 Å². The number of aliphatic hydroxyl groups is 1. The van der Waals surface area contributed by atoms with E-state index in [9.17, 15) is 4.79 Å². The van der Waals surface area contributed by atoms with E-state index in [0.29, 0.717) is 18.8 Å². The van der Waals surface area contributed by atoms with Crippen molar-refractivity contribution in [3.8, 4) is 0 Å². The Morgan fingerprint density at radius 1 is 1.60 bits per heavy atom. The van der Waals surface area contributed by atoms with Gasteiger partial charge < -0.3 is 10.0 Å². The summed E-state index contributed by atoms with van der Waals surface area (Å²) in [4.78, 5) is 21.4. The first-order chi connectivity index (χ1) is 7.31. The highest BCUT2D eigenvalue weighted by Gasteiger charge is 2.26. The topological polar surface area (TPSA) is 66.3 Å². The molecule has 0 unspecified atom stereocenters. The third-order valence-electron chi connectivity index (χ3n) is 2.61. The summed E-state index contributed by atoms with van der Waals surface area (Å²) in [6.45, 7) is 1.46. The van der Waals surface area contributed by atoms with Gasteiger partial charge in [-0.2, -0.15) is 0 Å². The van der Waals surface area contributed by atoms with E-state index in [-0.39, 0.29) is 18.4 Å². The molecule has 1 aromatic heterocycles. The van der Waals surface area contributed by atoms with Crippen LogP contribution in [-0.4, -0.2) is 45.6 Å². The van der Waals surface area contributed by atoms with Crippen LogP contribution in [0.3, 0.4) is 0 Å². The van der Waals surface area contributed by atoms with E-state index in [1.54, 1.807) is 4.90 Å². The number of likely N-dealkylation sites (tertiary alicyclic amines) is 1. The van der Waals surface area contributed by atoms with Gasteiger partial charge in [-0.1, -0.05) is 0 Å². The fourth-order valence-corrected chi connectivity index (χ4v) is 1.74. The van der Waals surface area contributed by atoms with Gasteiger partial charge in [-0.15, -0.1) is 0 Å². The molecule has 2 heterocycles. The molecule has 1 aromatic rings. The molecule has 0 spiro atoms. The summed E-state index contributed by atoms with van der Waals surface area (Å²) in [5.41, 5.74) is 0.371. The fraction of sp³-hybridized carbons (Fsp3) is 0.500. The number of aliphatic hydroxyl groups excluding tert-OH is 1. The number of hydrogen-bond donors (Lipinski definition) is 1. The van der Waals surface area contributed by atoms with Crippen LogP contribution in [0.25, 0.3) is 0 Å². The molecule has 1 atom stereocenters. The van der Waals surface area contributed by atoms with Gasteiger partial charge in [0.1, 0.15) is 5.69 Å². The number of rotatable bonds is 2. The Kier molecular flexibility index (Phi) is 2.91. The third kappa shape index (κ3) is 2.12. The summed E-state index contributed by atoms with van der Waals surface area (Å²) in [5.74, 6) is 0.115. The normalized spacial score (nSPS) is 20.6. The first-order valence-electron chi connectivity index (χ1n) is 4.97. The molecule has 5 heteroatoms. The van der Waals surface area contributed by atoms with E-state index in [1.807, 2.05) is 0 Å². The minimum atomic E-state index is -0.0981. The number of carbonyl (C=O) groups excluding carboxylic acids is 1. The van der Waals surface area contributed by atoms with E-state index >= 15 is 0 Å². The highest BCUT2D eigenvalue weighted by atomic mass is 16.3. The lowest BCUT2D eigenvalue weighted by Gasteiger charge is -2.14. The molecule has 15 heavy (non-hydrogen) atoms. The predicted molar refractivity (Wildman–Crippen MR) is 53.1 cm³/mol. The molecule has 1 amide bonds. The van der Waals surface area contributed by atoms with Gasteiger partial charge in [0.05, 0.1) is 6.20 Å². The largest absolute Gasteiger partial charge is 0.396 e. The molecular weight excluding hydrogens is 194 g/mol. The molecule has 0 bridgehead atoms. The minimum absolute atomic E-state index is 0.0981. The van der Waals surface area contributed by atoms with E-state index in [0.717, 1.165) is 6.42 Å². The molecule has 1 fully saturated rings. The van der Waals surface area contributed by atoms with E-state index < -0.39 is 0 Å². The molecule has 1 aliphatic rings. The maximum atomic E-state index is 11.9. The predicted octanol–water partition coefficient (Wildman–Crippen LogP) is -0.0690. The monoisotopic (exact) mass is 207 g/mol. The third-order valence-corrected chi connectivity index (χ3v) is 2.61. The molecule has 1 saturated heterocycles. The van der Waals surface area contributed by atoms with Gasteiger partial charge in [0.2, 0.25) is 0 Å². The Bertz CT molecular complexity index is 342. The van der Waals surface area contributed by atoms with Crippen molar-refractivity contribution in [2.45, 2.75) is 6.42 Å². The number of nitrogens with zero attached hydrogens (tertiary/aromatic N) is 3. The van der Waals surface area contributed by atoms with Crippen molar-refractivity contribution in [2.75, 3.05) is 19.7 Å². The Morgan fingerprint density at radius 2 is 2.47 bits per heavy atom. The highest BCUT2D eigenvalue weighted by molar-refractivity contribution is 5.92. The number of carbonyl (C=O) groups is 1. The van der Waals surface area contributed by atoms with Gasteiger partial charge in [-0.3, -0.25) is 9.78 Å². The lowest BCUT2D eigenvalue weighted by molar-refractivity contribution is 0.0775. The second-order valence-electron chi connectivity index (χ2n) is 3.68. The first kappa shape index (κ1) is 10.0. The van der Waals surface area contributed by atoms with E-state index in [2.05, 4.69) is 9.97 Å². The zero-order valence-electron chi connectivity index (χ0n) is 8.33. The second kappa shape index (κ2) is 4.35. The average molecular weight is 207 g/mol. The summed E-state index contributed by atoms with van der Waals surface area (Å²) in [5, 5.41) is 8.97. The number of amides is 1. The van der Waals surface area contributed by atoms with Crippen molar-refractivity contribution in [3.05, 3.63) is 24.3 Å². The number of hydrogen-bond acceptors (Lipinski definition) is 4. The molecule has 80 valence electrons. The standard InChI is InChI=1S/C10H13N3O2/c14-7-8-1-4-13(6-8)10(15)9-5-11-2-3-12-9/h2-3,5,8,14H,1,4,6-7H2/t8-/m0/s1. The van der Waals surface area contributed by atoms with Crippen LogP contribution in [0.1, 0.15) is 16.9 Å². The van der Waals surface area contributed by atoms with Gasteiger partial charge in [0.25, 0.3) is 5.91 Å². The fourth-order valence-electron chi connectivity index (χ4n) is 1.74. The van der Waals surface area contributed by atoms with Crippen LogP contribution in [0, 0.1) is 5.92 Å². The van der Waals surface area contributed by atoms with Crippen LogP contribution in [-0.2, 0) is 0 Å². The molecule has 1 N–H and O–H groups in total. The summed E-state index contributed by atoms with van der Waals surface area (Å²) in [7, 11) is 0. The van der Waals surface area contributed by atoms with Gasteiger partial charge in [-0.25, -0.2) is 4.98 Å². The van der Waals surface area contributed by atoms with Gasteiger partial charge in [0.15, 0.2) is 0 Å². The molecule has 2 rings (SSSR count). The van der Waals surface area contributed by atoms with Crippen molar-refractivity contribution < 1.29 is 9.90 Å². The minimum Gasteiger partial charge on any atom is -0.396 e. The van der Waals surface area contributed by atoms with Gasteiger partial charge in [-0.05, 0) is 6.42 Å². The smallest absolute Gasteiger partial charge is 0.274 e. The highest BCUT2D eigenvalue weighted by Crippen LogP contribution is 2.16. The van der Waals surface area contributed by atoms with Crippen molar-refractivity contribution in [1.82, 2.24) is 14.9 Å². The van der Waals surface area contributed by atoms with Crippen molar-refractivity contribution in [3.63, 3.8) is 0 Å². The van der Waals surface area contributed by atoms with Crippen molar-refractivity contribution in [1.29, 1.82) is 0 Å². The quantitative estimate of drug-likeness (QED) is 0.737. The lowest BCUT2D eigenvalue weighted by atomic mass is 10.1. The van der Waals surface area contributed by atoms with Crippen LogP contribution in [0.2, 0.25) is 0 Å². The van der Waals surface area contributed by atoms with Crippen LogP contribution in [0.15, 0.2) is 18.6 Å². The Hall–Kier alpha value is -1.49. The second-order valence-corrected chi connectivity index (χ2v) is 3.68. The van der Waals surface area contributed by atoms with Crippen molar-refractivity contribution in [2.24, 2.45) is 5.92 Å². The molecule has 1 aliphatic heterocycles. The Balaban J connectivity index is 2.04. The van der Waals surface area contributed by atoms with Crippen LogP contribution < -0.4 is 0 Å². The molecular formula is C10H13N3O2. The lowest BCUT2D eigenvalue weighted by Crippen LogP contribution is -2.29. The van der Waals surface area contributed by atoms with Crippen LogP contribution >= 0.6 is 0 Å².